The minimum atomic E-state index is -0.407. The van der Waals surface area contributed by atoms with E-state index in [1.807, 2.05) is 20.8 Å². The van der Waals surface area contributed by atoms with Crippen molar-refractivity contribution in [1.82, 2.24) is 10.6 Å². The summed E-state index contributed by atoms with van der Waals surface area (Å²) in [4.78, 5) is 11.6. The predicted molar refractivity (Wildman–Crippen MR) is 62.2 cm³/mol. The van der Waals surface area contributed by atoms with Crippen LogP contribution >= 0.6 is 0 Å². The Balaban J connectivity index is 1.83. The van der Waals surface area contributed by atoms with Crippen LogP contribution in [0.1, 0.15) is 33.6 Å². The van der Waals surface area contributed by atoms with Gasteiger partial charge in [0.05, 0.1) is 0 Å². The van der Waals surface area contributed by atoms with Crippen molar-refractivity contribution in [2.24, 2.45) is 11.8 Å². The Labute approximate surface area is 97.1 Å². The summed E-state index contributed by atoms with van der Waals surface area (Å²) in [6.45, 7) is 7.81. The van der Waals surface area contributed by atoms with Gasteiger partial charge in [-0.3, -0.25) is 0 Å². The smallest absolute Gasteiger partial charge is 0.407 e. The van der Waals surface area contributed by atoms with Crippen molar-refractivity contribution in [3.63, 3.8) is 0 Å². The first-order valence-corrected chi connectivity index (χ1v) is 6.16. The quantitative estimate of drug-likeness (QED) is 0.712. The molecule has 1 aliphatic carbocycles. The summed E-state index contributed by atoms with van der Waals surface area (Å²) in [5, 5.41) is 6.39. The number of rotatable bonds is 1. The number of hydrogen-bond acceptors (Lipinski definition) is 3. The first-order valence-electron chi connectivity index (χ1n) is 6.16. The normalized spacial score (nSPS) is 33.6. The van der Waals surface area contributed by atoms with Gasteiger partial charge in [-0.25, -0.2) is 4.79 Å². The van der Waals surface area contributed by atoms with E-state index in [0.717, 1.165) is 25.4 Å². The monoisotopic (exact) mass is 226 g/mol. The van der Waals surface area contributed by atoms with Gasteiger partial charge >= 0.3 is 6.09 Å². The predicted octanol–water partition coefficient (Wildman–Crippen LogP) is 1.51. The molecule has 1 aliphatic heterocycles. The molecule has 92 valence electrons. The molecule has 1 amide bonds. The average molecular weight is 226 g/mol. The van der Waals surface area contributed by atoms with E-state index in [-0.39, 0.29) is 6.09 Å². The molecule has 0 unspecified atom stereocenters. The molecule has 1 saturated carbocycles. The van der Waals surface area contributed by atoms with Crippen LogP contribution in [0.2, 0.25) is 0 Å². The third kappa shape index (κ3) is 2.67. The van der Waals surface area contributed by atoms with Crippen LogP contribution in [0.25, 0.3) is 0 Å². The molecule has 0 spiro atoms. The number of fused-ring (bicyclic) bond motifs is 1. The Morgan fingerprint density at radius 1 is 1.31 bits per heavy atom. The van der Waals surface area contributed by atoms with E-state index >= 15 is 0 Å². The molecule has 0 aromatic rings. The SMILES string of the molecule is CC(C)(C)OC(=O)N[C@H]1CC[C@H]2CNC[C@@H]21. The molecule has 4 heteroatoms. The third-order valence-electron chi connectivity index (χ3n) is 3.46. The summed E-state index contributed by atoms with van der Waals surface area (Å²) in [7, 11) is 0. The standard InChI is InChI=1S/C12H22N2O2/c1-12(2,3)16-11(15)14-10-5-4-8-6-13-7-9(8)10/h8-10,13H,4-7H2,1-3H3,(H,14,15)/t8-,9-,10-/m0/s1. The maximum Gasteiger partial charge on any atom is 0.407 e. The molecule has 1 saturated heterocycles. The lowest BCUT2D eigenvalue weighted by Crippen LogP contribution is -2.42. The second-order valence-corrected chi connectivity index (χ2v) is 5.91. The maximum absolute atomic E-state index is 11.6. The van der Waals surface area contributed by atoms with Crippen LogP contribution in [0.5, 0.6) is 0 Å². The Bertz CT molecular complexity index is 273. The number of amides is 1. The minimum Gasteiger partial charge on any atom is -0.444 e. The fourth-order valence-electron chi connectivity index (χ4n) is 2.79. The maximum atomic E-state index is 11.6. The first-order chi connectivity index (χ1) is 7.46. The van der Waals surface area contributed by atoms with Gasteiger partial charge in [-0.15, -0.1) is 0 Å². The molecular weight excluding hydrogens is 204 g/mol. The van der Waals surface area contributed by atoms with Crippen molar-refractivity contribution in [1.29, 1.82) is 0 Å². The summed E-state index contributed by atoms with van der Waals surface area (Å²) in [6.07, 6.45) is 2.04. The summed E-state index contributed by atoms with van der Waals surface area (Å²) in [5.41, 5.74) is -0.407. The van der Waals surface area contributed by atoms with Crippen LogP contribution < -0.4 is 10.6 Å². The second-order valence-electron chi connectivity index (χ2n) is 5.91. The van der Waals surface area contributed by atoms with Gasteiger partial charge in [0.25, 0.3) is 0 Å². The van der Waals surface area contributed by atoms with E-state index in [2.05, 4.69) is 10.6 Å². The van der Waals surface area contributed by atoms with Crippen LogP contribution in [0.4, 0.5) is 4.79 Å². The molecule has 0 radical (unpaired) electrons. The summed E-state index contributed by atoms with van der Waals surface area (Å²) in [6, 6.07) is 0.301. The molecule has 2 N–H and O–H groups in total. The van der Waals surface area contributed by atoms with Gasteiger partial charge in [-0.05, 0) is 52.0 Å². The van der Waals surface area contributed by atoms with Gasteiger partial charge in [0.2, 0.25) is 0 Å². The van der Waals surface area contributed by atoms with Crippen molar-refractivity contribution in [3.05, 3.63) is 0 Å². The van der Waals surface area contributed by atoms with E-state index in [1.54, 1.807) is 0 Å². The van der Waals surface area contributed by atoms with Gasteiger partial charge in [0.1, 0.15) is 5.60 Å². The highest BCUT2D eigenvalue weighted by Crippen LogP contribution is 2.34. The molecule has 16 heavy (non-hydrogen) atoms. The van der Waals surface area contributed by atoms with Crippen LogP contribution in [-0.4, -0.2) is 30.8 Å². The molecule has 0 bridgehead atoms. The van der Waals surface area contributed by atoms with E-state index in [9.17, 15) is 4.79 Å². The van der Waals surface area contributed by atoms with Gasteiger partial charge in [0.15, 0.2) is 0 Å². The number of ether oxygens (including phenoxy) is 1. The Kier molecular flexibility index (Phi) is 3.10. The fraction of sp³-hybridized carbons (Fsp3) is 0.917. The van der Waals surface area contributed by atoms with E-state index < -0.39 is 5.60 Å². The zero-order valence-electron chi connectivity index (χ0n) is 10.4. The Morgan fingerprint density at radius 2 is 2.06 bits per heavy atom. The van der Waals surface area contributed by atoms with Crippen LogP contribution in [-0.2, 0) is 4.74 Å². The fourth-order valence-corrected chi connectivity index (χ4v) is 2.79. The summed E-state index contributed by atoms with van der Waals surface area (Å²) in [5.74, 6) is 1.35. The van der Waals surface area contributed by atoms with E-state index in [1.165, 1.54) is 6.42 Å². The van der Waals surface area contributed by atoms with Crippen molar-refractivity contribution < 1.29 is 9.53 Å². The van der Waals surface area contributed by atoms with Crippen molar-refractivity contribution in [3.8, 4) is 0 Å². The van der Waals surface area contributed by atoms with Gasteiger partial charge < -0.3 is 15.4 Å². The van der Waals surface area contributed by atoms with Crippen LogP contribution in [0.3, 0.4) is 0 Å². The zero-order valence-corrected chi connectivity index (χ0v) is 10.4. The lowest BCUT2D eigenvalue weighted by molar-refractivity contribution is 0.0493. The number of alkyl carbamates (subject to hydrolysis) is 1. The third-order valence-corrected chi connectivity index (χ3v) is 3.46. The minimum absolute atomic E-state index is 0.273. The number of nitrogens with one attached hydrogen (secondary N) is 2. The molecule has 2 fully saturated rings. The van der Waals surface area contributed by atoms with Crippen LogP contribution in [0.15, 0.2) is 0 Å². The molecule has 1 heterocycles. The molecule has 0 aromatic carbocycles. The van der Waals surface area contributed by atoms with Crippen molar-refractivity contribution in [2.45, 2.75) is 45.3 Å². The molecule has 2 aliphatic rings. The van der Waals surface area contributed by atoms with Gasteiger partial charge in [-0.1, -0.05) is 0 Å². The van der Waals surface area contributed by atoms with Gasteiger partial charge in [0, 0.05) is 12.6 Å². The molecule has 3 atom stereocenters. The van der Waals surface area contributed by atoms with E-state index in [0.29, 0.717) is 12.0 Å². The largest absolute Gasteiger partial charge is 0.444 e. The highest BCUT2D eigenvalue weighted by molar-refractivity contribution is 5.68. The lowest BCUT2D eigenvalue weighted by atomic mass is 9.98. The average Bonchev–Trinajstić information content (AvgIpc) is 2.66. The second kappa shape index (κ2) is 4.24. The molecule has 4 nitrogen and oxygen atoms in total. The molecule has 2 rings (SSSR count). The van der Waals surface area contributed by atoms with Crippen LogP contribution in [0, 0.1) is 11.8 Å². The van der Waals surface area contributed by atoms with Crippen molar-refractivity contribution in [2.75, 3.05) is 13.1 Å². The van der Waals surface area contributed by atoms with Gasteiger partial charge in [-0.2, -0.15) is 0 Å². The summed E-state index contributed by atoms with van der Waals surface area (Å²) < 4.78 is 5.28. The Hall–Kier alpha value is -0.770. The zero-order chi connectivity index (χ0) is 11.8. The lowest BCUT2D eigenvalue weighted by Gasteiger charge is -2.24. The highest BCUT2D eigenvalue weighted by Gasteiger charge is 2.40. The Morgan fingerprint density at radius 3 is 2.75 bits per heavy atom. The number of carbonyl (C=O) groups is 1. The molecular formula is C12H22N2O2. The summed E-state index contributed by atoms with van der Waals surface area (Å²) >= 11 is 0. The highest BCUT2D eigenvalue weighted by atomic mass is 16.6. The topological polar surface area (TPSA) is 50.4 Å². The molecule has 0 aromatic heterocycles. The first kappa shape index (κ1) is 11.7. The number of hydrogen-bond donors (Lipinski definition) is 2. The van der Waals surface area contributed by atoms with E-state index in [4.69, 9.17) is 4.74 Å². The van der Waals surface area contributed by atoms with Crippen molar-refractivity contribution >= 4 is 6.09 Å². The number of carbonyl (C=O) groups excluding carboxylic acids is 1.